The molecule has 6 heteroatoms. The first-order valence-corrected chi connectivity index (χ1v) is 9.51. The Kier molecular flexibility index (Phi) is 4.61. The summed E-state index contributed by atoms with van der Waals surface area (Å²) in [6, 6.07) is 9.75. The van der Waals surface area contributed by atoms with Crippen molar-refractivity contribution in [2.75, 3.05) is 5.32 Å². The predicted molar refractivity (Wildman–Crippen MR) is 99.5 cm³/mol. The van der Waals surface area contributed by atoms with Gasteiger partial charge in [-0.05, 0) is 37.8 Å². The first kappa shape index (κ1) is 16.0. The van der Waals surface area contributed by atoms with Gasteiger partial charge in [0.05, 0.1) is 23.1 Å². The Balaban J connectivity index is 1.49. The number of nitrogens with zero attached hydrogens (tertiary/aromatic N) is 3. The number of aromatic nitrogens is 3. The SMILES string of the molecule is O=C(Nc1nc2c(s1)CCCCCC2)c1cnn(-c2ccccc2)c1. The lowest BCUT2D eigenvalue weighted by Crippen LogP contribution is -2.11. The average Bonchev–Trinajstić information content (AvgIpc) is 3.23. The van der Waals surface area contributed by atoms with Crippen molar-refractivity contribution in [3.05, 3.63) is 58.9 Å². The van der Waals surface area contributed by atoms with E-state index in [4.69, 9.17) is 0 Å². The summed E-state index contributed by atoms with van der Waals surface area (Å²) in [4.78, 5) is 18.5. The van der Waals surface area contributed by atoms with Crippen molar-refractivity contribution in [2.45, 2.75) is 38.5 Å². The molecule has 1 aliphatic rings. The van der Waals surface area contributed by atoms with E-state index in [2.05, 4.69) is 15.4 Å². The average molecular weight is 352 g/mol. The number of thiazole rings is 1. The Labute approximate surface area is 150 Å². The summed E-state index contributed by atoms with van der Waals surface area (Å²) < 4.78 is 1.70. The molecule has 3 aromatic rings. The van der Waals surface area contributed by atoms with Crippen molar-refractivity contribution in [2.24, 2.45) is 0 Å². The Morgan fingerprint density at radius 1 is 1.08 bits per heavy atom. The fourth-order valence-electron chi connectivity index (χ4n) is 3.09. The number of aryl methyl sites for hydroxylation is 2. The molecule has 5 nitrogen and oxygen atoms in total. The first-order valence-electron chi connectivity index (χ1n) is 8.69. The highest BCUT2D eigenvalue weighted by atomic mass is 32.1. The van der Waals surface area contributed by atoms with Crippen LogP contribution in [0.25, 0.3) is 5.69 Å². The normalized spacial score (nSPS) is 14.4. The van der Waals surface area contributed by atoms with Crippen molar-refractivity contribution >= 4 is 22.4 Å². The van der Waals surface area contributed by atoms with E-state index in [1.54, 1.807) is 28.4 Å². The van der Waals surface area contributed by atoms with E-state index in [0.29, 0.717) is 10.7 Å². The number of carbonyl (C=O) groups is 1. The lowest BCUT2D eigenvalue weighted by atomic mass is 10.0. The standard InChI is InChI=1S/C19H20N4OS/c24-18(14-12-20-23(13-14)15-8-4-3-5-9-15)22-19-21-16-10-6-1-2-7-11-17(16)25-19/h3-5,8-9,12-13H,1-2,6-7,10-11H2,(H,21,22,24). The zero-order chi connectivity index (χ0) is 17.1. The van der Waals surface area contributed by atoms with Gasteiger partial charge in [0.2, 0.25) is 0 Å². The summed E-state index contributed by atoms with van der Waals surface area (Å²) in [6.45, 7) is 0. The molecule has 0 aliphatic heterocycles. The van der Waals surface area contributed by atoms with Crippen molar-refractivity contribution in [3.63, 3.8) is 0 Å². The molecule has 1 aromatic carbocycles. The smallest absolute Gasteiger partial charge is 0.260 e. The topological polar surface area (TPSA) is 59.8 Å². The number of rotatable bonds is 3. The van der Waals surface area contributed by atoms with Gasteiger partial charge in [0.1, 0.15) is 0 Å². The molecule has 128 valence electrons. The second-order valence-corrected chi connectivity index (χ2v) is 7.35. The molecule has 0 atom stereocenters. The van der Waals surface area contributed by atoms with E-state index < -0.39 is 0 Å². The Hall–Kier alpha value is -2.47. The van der Waals surface area contributed by atoms with Crippen LogP contribution in [0, 0.1) is 0 Å². The molecule has 2 heterocycles. The van der Waals surface area contributed by atoms with Crippen LogP contribution in [0.5, 0.6) is 0 Å². The third-order valence-electron chi connectivity index (χ3n) is 4.43. The quantitative estimate of drug-likeness (QED) is 0.767. The van der Waals surface area contributed by atoms with Gasteiger partial charge in [-0.1, -0.05) is 31.0 Å². The fourth-order valence-corrected chi connectivity index (χ4v) is 4.14. The highest BCUT2D eigenvalue weighted by molar-refractivity contribution is 7.15. The molecule has 1 amide bonds. The molecule has 0 radical (unpaired) electrons. The maximum atomic E-state index is 12.5. The molecule has 1 N–H and O–H groups in total. The van der Waals surface area contributed by atoms with Gasteiger partial charge >= 0.3 is 0 Å². The largest absolute Gasteiger partial charge is 0.298 e. The molecule has 0 saturated carbocycles. The van der Waals surface area contributed by atoms with Gasteiger partial charge in [-0.3, -0.25) is 10.1 Å². The maximum absolute atomic E-state index is 12.5. The molecule has 0 fully saturated rings. The lowest BCUT2D eigenvalue weighted by Gasteiger charge is -2.06. The van der Waals surface area contributed by atoms with Crippen LogP contribution in [0.2, 0.25) is 0 Å². The second kappa shape index (κ2) is 7.19. The number of hydrogen-bond donors (Lipinski definition) is 1. The zero-order valence-electron chi connectivity index (χ0n) is 13.9. The minimum atomic E-state index is -0.163. The van der Waals surface area contributed by atoms with Gasteiger partial charge < -0.3 is 0 Å². The number of anilines is 1. The zero-order valence-corrected chi connectivity index (χ0v) is 14.8. The number of nitrogens with one attached hydrogen (secondary N) is 1. The predicted octanol–water partition coefficient (Wildman–Crippen LogP) is 4.24. The van der Waals surface area contributed by atoms with Crippen LogP contribution in [0.3, 0.4) is 0 Å². The highest BCUT2D eigenvalue weighted by Gasteiger charge is 2.16. The van der Waals surface area contributed by atoms with E-state index in [1.807, 2.05) is 30.3 Å². The van der Waals surface area contributed by atoms with Gasteiger partial charge in [0.15, 0.2) is 5.13 Å². The Morgan fingerprint density at radius 2 is 1.88 bits per heavy atom. The van der Waals surface area contributed by atoms with Crippen molar-refractivity contribution < 1.29 is 4.79 Å². The number of hydrogen-bond acceptors (Lipinski definition) is 4. The minimum Gasteiger partial charge on any atom is -0.298 e. The summed E-state index contributed by atoms with van der Waals surface area (Å²) >= 11 is 1.61. The van der Waals surface area contributed by atoms with Crippen LogP contribution in [-0.4, -0.2) is 20.7 Å². The molecular formula is C19H20N4OS. The van der Waals surface area contributed by atoms with Gasteiger partial charge in [-0.25, -0.2) is 9.67 Å². The van der Waals surface area contributed by atoms with Crippen LogP contribution < -0.4 is 5.32 Å². The summed E-state index contributed by atoms with van der Waals surface area (Å²) in [5.74, 6) is -0.163. The molecule has 1 aliphatic carbocycles. The summed E-state index contributed by atoms with van der Waals surface area (Å²) in [7, 11) is 0. The van der Waals surface area contributed by atoms with E-state index in [0.717, 1.165) is 18.5 Å². The molecular weight excluding hydrogens is 332 g/mol. The Morgan fingerprint density at radius 3 is 2.72 bits per heavy atom. The molecule has 4 rings (SSSR count). The summed E-state index contributed by atoms with van der Waals surface area (Å²) in [5.41, 5.74) is 2.63. The minimum absolute atomic E-state index is 0.163. The molecule has 25 heavy (non-hydrogen) atoms. The maximum Gasteiger partial charge on any atom is 0.260 e. The number of para-hydroxylation sites is 1. The highest BCUT2D eigenvalue weighted by Crippen LogP contribution is 2.28. The molecule has 0 saturated heterocycles. The van der Waals surface area contributed by atoms with Gasteiger partial charge in [0, 0.05) is 11.1 Å². The van der Waals surface area contributed by atoms with Crippen molar-refractivity contribution in [3.8, 4) is 5.69 Å². The molecule has 0 unspecified atom stereocenters. The number of fused-ring (bicyclic) bond motifs is 1. The van der Waals surface area contributed by atoms with E-state index in [9.17, 15) is 4.79 Å². The number of benzene rings is 1. The summed E-state index contributed by atoms with van der Waals surface area (Å²) in [5, 5.41) is 7.91. The molecule has 0 spiro atoms. The van der Waals surface area contributed by atoms with Crippen LogP contribution in [0.1, 0.15) is 46.6 Å². The first-order chi connectivity index (χ1) is 12.3. The van der Waals surface area contributed by atoms with Crippen LogP contribution >= 0.6 is 11.3 Å². The second-order valence-electron chi connectivity index (χ2n) is 6.27. The van der Waals surface area contributed by atoms with Crippen molar-refractivity contribution in [1.82, 2.24) is 14.8 Å². The summed E-state index contributed by atoms with van der Waals surface area (Å²) in [6.07, 6.45) is 10.4. The van der Waals surface area contributed by atoms with Gasteiger partial charge in [-0.15, -0.1) is 11.3 Å². The number of carbonyl (C=O) groups excluding carboxylic acids is 1. The third kappa shape index (κ3) is 3.64. The van der Waals surface area contributed by atoms with E-state index >= 15 is 0 Å². The molecule has 2 aromatic heterocycles. The monoisotopic (exact) mass is 352 g/mol. The lowest BCUT2D eigenvalue weighted by molar-refractivity contribution is 0.102. The third-order valence-corrected chi connectivity index (χ3v) is 5.50. The van der Waals surface area contributed by atoms with Gasteiger partial charge in [-0.2, -0.15) is 5.10 Å². The van der Waals surface area contributed by atoms with Crippen molar-refractivity contribution in [1.29, 1.82) is 0 Å². The van der Waals surface area contributed by atoms with E-state index in [-0.39, 0.29) is 5.91 Å². The van der Waals surface area contributed by atoms with Gasteiger partial charge in [0.25, 0.3) is 5.91 Å². The number of amides is 1. The fraction of sp³-hybridized carbons (Fsp3) is 0.316. The Bertz CT molecular complexity index is 843. The molecule has 0 bridgehead atoms. The van der Waals surface area contributed by atoms with Crippen LogP contribution in [0.4, 0.5) is 5.13 Å². The van der Waals surface area contributed by atoms with E-state index in [1.165, 1.54) is 36.3 Å². The van der Waals surface area contributed by atoms with Crippen LogP contribution in [0.15, 0.2) is 42.7 Å². The van der Waals surface area contributed by atoms with Crippen LogP contribution in [-0.2, 0) is 12.8 Å².